The summed E-state index contributed by atoms with van der Waals surface area (Å²) in [4.78, 5) is 16.5. The number of aliphatic imine (C=N–C) groups is 1. The lowest BCUT2D eigenvalue weighted by atomic mass is 10.1. The first-order valence-corrected chi connectivity index (χ1v) is 5.29. The molecule has 6 nitrogen and oxygen atoms in total. The number of nitrogens with one attached hydrogen (secondary N) is 1. The largest absolute Gasteiger partial charge is 0.354 e. The minimum Gasteiger partial charge on any atom is -0.354 e. The molecule has 1 aromatic rings. The molecule has 1 aliphatic rings. The first-order chi connectivity index (χ1) is 8.04. The topological polar surface area (TPSA) is 70.8 Å². The molecule has 0 saturated heterocycles. The maximum absolute atomic E-state index is 10.8. The molecule has 2 rings (SSSR count). The monoisotopic (exact) mass is 234 g/mol. The van der Waals surface area contributed by atoms with Crippen LogP contribution in [0.2, 0.25) is 0 Å². The fraction of sp³-hybridized carbons (Fsp3) is 0.364. The molecule has 1 aliphatic heterocycles. The highest BCUT2D eigenvalue weighted by Gasteiger charge is 2.25. The van der Waals surface area contributed by atoms with Crippen molar-refractivity contribution < 1.29 is 4.92 Å². The average Bonchev–Trinajstić information content (AvgIpc) is 2.33. The number of benzene rings is 1. The van der Waals surface area contributed by atoms with E-state index in [0.29, 0.717) is 5.84 Å². The minimum atomic E-state index is -0.397. The van der Waals surface area contributed by atoms with Gasteiger partial charge < -0.3 is 10.2 Å². The SMILES string of the molecule is CN=C1NC(C)N(C)c2ccc([N+](=O)[O-])cc21. The molecule has 0 spiro atoms. The van der Waals surface area contributed by atoms with Crippen molar-refractivity contribution >= 4 is 17.2 Å². The predicted octanol–water partition coefficient (Wildman–Crippen LogP) is 1.36. The fourth-order valence-corrected chi connectivity index (χ4v) is 1.90. The Morgan fingerprint density at radius 1 is 1.53 bits per heavy atom. The van der Waals surface area contributed by atoms with Crippen molar-refractivity contribution in [1.29, 1.82) is 0 Å². The molecule has 1 atom stereocenters. The van der Waals surface area contributed by atoms with E-state index >= 15 is 0 Å². The summed E-state index contributed by atoms with van der Waals surface area (Å²) in [5, 5.41) is 14.0. The van der Waals surface area contributed by atoms with Gasteiger partial charge in [0.1, 0.15) is 5.84 Å². The van der Waals surface area contributed by atoms with Gasteiger partial charge in [0, 0.05) is 37.5 Å². The van der Waals surface area contributed by atoms with Crippen molar-refractivity contribution in [2.75, 3.05) is 19.0 Å². The van der Waals surface area contributed by atoms with E-state index in [0.717, 1.165) is 11.3 Å². The van der Waals surface area contributed by atoms with Gasteiger partial charge in [0.15, 0.2) is 0 Å². The van der Waals surface area contributed by atoms with Crippen LogP contribution in [0.15, 0.2) is 23.2 Å². The highest BCUT2D eigenvalue weighted by atomic mass is 16.6. The van der Waals surface area contributed by atoms with Crippen molar-refractivity contribution in [1.82, 2.24) is 5.32 Å². The quantitative estimate of drug-likeness (QED) is 0.588. The molecule has 17 heavy (non-hydrogen) atoms. The molecule has 1 aromatic carbocycles. The summed E-state index contributed by atoms with van der Waals surface area (Å²) >= 11 is 0. The summed E-state index contributed by atoms with van der Waals surface area (Å²) in [6.07, 6.45) is 0.114. The first-order valence-electron chi connectivity index (χ1n) is 5.29. The van der Waals surface area contributed by atoms with Crippen LogP contribution in [0.5, 0.6) is 0 Å². The van der Waals surface area contributed by atoms with Gasteiger partial charge in [0.25, 0.3) is 5.69 Å². The molecule has 1 N–H and O–H groups in total. The number of nitrogens with zero attached hydrogens (tertiary/aromatic N) is 3. The Morgan fingerprint density at radius 2 is 2.24 bits per heavy atom. The average molecular weight is 234 g/mol. The van der Waals surface area contributed by atoms with Gasteiger partial charge in [0.2, 0.25) is 0 Å². The third kappa shape index (κ3) is 1.82. The molecule has 0 saturated carbocycles. The standard InChI is InChI=1S/C11H14N4O2/c1-7-13-11(12-2)9-6-8(15(16)17)4-5-10(9)14(7)3/h4-7H,1-3H3,(H,12,13). The molecule has 0 aliphatic carbocycles. The van der Waals surface area contributed by atoms with E-state index in [-0.39, 0.29) is 11.9 Å². The van der Waals surface area contributed by atoms with Gasteiger partial charge in [-0.05, 0) is 13.0 Å². The molecule has 0 fully saturated rings. The van der Waals surface area contributed by atoms with E-state index < -0.39 is 4.92 Å². The summed E-state index contributed by atoms with van der Waals surface area (Å²) in [6.45, 7) is 2.01. The van der Waals surface area contributed by atoms with Gasteiger partial charge in [-0.1, -0.05) is 0 Å². The maximum Gasteiger partial charge on any atom is 0.270 e. The lowest BCUT2D eigenvalue weighted by Crippen LogP contribution is -2.49. The molecule has 1 unspecified atom stereocenters. The Hall–Kier alpha value is -2.11. The second kappa shape index (κ2) is 4.04. The van der Waals surface area contributed by atoms with Crippen LogP contribution in [0.1, 0.15) is 12.5 Å². The van der Waals surface area contributed by atoms with Crippen molar-refractivity contribution in [3.63, 3.8) is 0 Å². The fourth-order valence-electron chi connectivity index (χ4n) is 1.90. The van der Waals surface area contributed by atoms with Crippen molar-refractivity contribution in [3.8, 4) is 0 Å². The normalized spacial score (nSPS) is 21.0. The summed E-state index contributed by atoms with van der Waals surface area (Å²) in [6, 6.07) is 4.82. The van der Waals surface area contributed by atoms with Crippen molar-refractivity contribution in [2.24, 2.45) is 4.99 Å². The zero-order valence-electron chi connectivity index (χ0n) is 9.97. The number of fused-ring (bicyclic) bond motifs is 1. The van der Waals surface area contributed by atoms with E-state index in [1.807, 2.05) is 18.9 Å². The van der Waals surface area contributed by atoms with Crippen LogP contribution in [0.4, 0.5) is 11.4 Å². The minimum absolute atomic E-state index is 0.0784. The van der Waals surface area contributed by atoms with Gasteiger partial charge >= 0.3 is 0 Å². The molecular formula is C11H14N4O2. The number of hydrogen-bond donors (Lipinski definition) is 1. The first kappa shape index (κ1) is 11.4. The molecule has 0 bridgehead atoms. The number of rotatable bonds is 1. The number of nitro groups is 1. The van der Waals surface area contributed by atoms with Crippen LogP contribution in [0.25, 0.3) is 0 Å². The van der Waals surface area contributed by atoms with Gasteiger partial charge in [-0.25, -0.2) is 0 Å². The molecule has 6 heteroatoms. The van der Waals surface area contributed by atoms with Gasteiger partial charge in [-0.15, -0.1) is 0 Å². The third-order valence-electron chi connectivity index (χ3n) is 2.98. The Labute approximate surface area is 99.1 Å². The van der Waals surface area contributed by atoms with E-state index in [2.05, 4.69) is 10.3 Å². The summed E-state index contributed by atoms with van der Waals surface area (Å²) < 4.78 is 0. The lowest BCUT2D eigenvalue weighted by Gasteiger charge is -2.35. The molecule has 0 amide bonds. The highest BCUT2D eigenvalue weighted by molar-refractivity contribution is 6.06. The van der Waals surface area contributed by atoms with Gasteiger partial charge in [-0.2, -0.15) is 0 Å². The van der Waals surface area contributed by atoms with E-state index in [4.69, 9.17) is 0 Å². The Morgan fingerprint density at radius 3 is 2.82 bits per heavy atom. The Kier molecular flexibility index (Phi) is 2.71. The molecule has 0 radical (unpaired) electrons. The smallest absolute Gasteiger partial charge is 0.270 e. The van der Waals surface area contributed by atoms with Crippen LogP contribution in [0.3, 0.4) is 0 Å². The number of anilines is 1. The molecule has 90 valence electrons. The van der Waals surface area contributed by atoms with E-state index in [9.17, 15) is 10.1 Å². The zero-order chi connectivity index (χ0) is 12.6. The third-order valence-corrected chi connectivity index (χ3v) is 2.98. The zero-order valence-corrected chi connectivity index (χ0v) is 9.97. The maximum atomic E-state index is 10.8. The Balaban J connectivity index is 2.58. The van der Waals surface area contributed by atoms with E-state index in [1.165, 1.54) is 6.07 Å². The van der Waals surface area contributed by atoms with Crippen molar-refractivity contribution in [2.45, 2.75) is 13.1 Å². The van der Waals surface area contributed by atoms with Gasteiger partial charge in [0.05, 0.1) is 11.1 Å². The second-order valence-electron chi connectivity index (χ2n) is 3.96. The highest BCUT2D eigenvalue weighted by Crippen LogP contribution is 2.28. The number of nitro benzene ring substituents is 1. The van der Waals surface area contributed by atoms with Crippen LogP contribution < -0.4 is 10.2 Å². The van der Waals surface area contributed by atoms with Crippen LogP contribution in [-0.4, -0.2) is 31.0 Å². The van der Waals surface area contributed by atoms with Gasteiger partial charge in [-0.3, -0.25) is 15.1 Å². The number of hydrogen-bond acceptors (Lipinski definition) is 4. The van der Waals surface area contributed by atoms with Crippen molar-refractivity contribution in [3.05, 3.63) is 33.9 Å². The predicted molar refractivity (Wildman–Crippen MR) is 66.6 cm³/mol. The Bertz CT molecular complexity index is 498. The summed E-state index contributed by atoms with van der Waals surface area (Å²) in [5.74, 6) is 0.689. The van der Waals surface area contributed by atoms with Crippen LogP contribution in [-0.2, 0) is 0 Å². The number of amidine groups is 1. The van der Waals surface area contributed by atoms with Crippen LogP contribution in [0, 0.1) is 10.1 Å². The molecular weight excluding hydrogens is 220 g/mol. The second-order valence-corrected chi connectivity index (χ2v) is 3.96. The summed E-state index contributed by atoms with van der Waals surface area (Å²) in [7, 11) is 3.61. The van der Waals surface area contributed by atoms with E-state index in [1.54, 1.807) is 19.2 Å². The summed E-state index contributed by atoms with van der Waals surface area (Å²) in [5.41, 5.74) is 1.79. The number of non-ortho nitro benzene ring substituents is 1. The molecule has 1 heterocycles. The lowest BCUT2D eigenvalue weighted by molar-refractivity contribution is -0.384. The van der Waals surface area contributed by atoms with Crippen LogP contribution >= 0.6 is 0 Å². The molecule has 0 aromatic heterocycles.